The number of benzene rings is 4. The van der Waals surface area contributed by atoms with E-state index in [4.69, 9.17) is 21.1 Å². The van der Waals surface area contributed by atoms with Gasteiger partial charge in [-0.2, -0.15) is 5.10 Å². The highest BCUT2D eigenvalue weighted by Gasteiger charge is 2.28. The van der Waals surface area contributed by atoms with E-state index in [1.165, 1.54) is 48.7 Å². The number of amides is 1. The third-order valence-corrected chi connectivity index (χ3v) is 7.97. The van der Waals surface area contributed by atoms with Crippen LogP contribution in [-0.4, -0.2) is 38.6 Å². The quantitative estimate of drug-likeness (QED) is 0.117. The second-order valence-electron chi connectivity index (χ2n) is 8.95. The molecular weight excluding hydrogens is 596 g/mol. The molecule has 0 aromatic heterocycles. The van der Waals surface area contributed by atoms with Crippen LogP contribution < -0.4 is 19.2 Å². The van der Waals surface area contributed by atoms with Gasteiger partial charge >= 0.3 is 0 Å². The summed E-state index contributed by atoms with van der Waals surface area (Å²) in [7, 11) is -4.25. The molecule has 0 aliphatic rings. The van der Waals surface area contributed by atoms with Gasteiger partial charge in [0.2, 0.25) is 0 Å². The van der Waals surface area contributed by atoms with E-state index in [0.717, 1.165) is 15.9 Å². The third kappa shape index (κ3) is 8.31. The molecular formula is C30H27ClN4O7S. The van der Waals surface area contributed by atoms with Crippen LogP contribution in [-0.2, 0) is 21.4 Å². The summed E-state index contributed by atoms with van der Waals surface area (Å²) in [5.74, 6) is 0.212. The molecule has 0 saturated carbocycles. The Hall–Kier alpha value is -4.94. The molecule has 0 spiro atoms. The minimum atomic E-state index is -4.25. The zero-order valence-electron chi connectivity index (χ0n) is 22.9. The fourth-order valence-electron chi connectivity index (χ4n) is 3.88. The lowest BCUT2D eigenvalue weighted by molar-refractivity contribution is -0.384. The predicted octanol–water partition coefficient (Wildman–Crippen LogP) is 5.57. The van der Waals surface area contributed by atoms with E-state index in [9.17, 15) is 23.3 Å². The van der Waals surface area contributed by atoms with E-state index in [1.54, 1.807) is 36.4 Å². The number of sulfonamides is 1. The third-order valence-electron chi connectivity index (χ3n) is 5.93. The Morgan fingerprint density at radius 3 is 2.42 bits per heavy atom. The molecule has 13 heteroatoms. The van der Waals surface area contributed by atoms with Gasteiger partial charge in [-0.1, -0.05) is 48.0 Å². The molecule has 0 aliphatic carbocycles. The SMILES string of the molecule is CCOc1cc(C=NNC(=O)CN(c2cccc([N+](=O)[O-])c2)S(=O)(=O)c2ccccc2)ccc1OCc1ccc(Cl)cc1. The Morgan fingerprint density at radius 1 is 0.977 bits per heavy atom. The lowest BCUT2D eigenvalue weighted by Gasteiger charge is -2.23. The standard InChI is InChI=1S/C30H27ClN4O7S/c1-2-41-29-17-23(13-16-28(29)42-21-22-11-14-24(31)15-12-22)19-32-33-30(36)20-34(25-7-6-8-26(18-25)35(37)38)43(39,40)27-9-4-3-5-10-27/h3-19H,2,20-21H2,1H3,(H,33,36). The first-order valence-electron chi connectivity index (χ1n) is 13.0. The van der Waals surface area contributed by atoms with Gasteiger partial charge < -0.3 is 9.47 Å². The summed E-state index contributed by atoms with van der Waals surface area (Å²) in [5.41, 5.74) is 3.45. The molecule has 0 unspecified atom stereocenters. The van der Waals surface area contributed by atoms with Crippen LogP contribution in [0, 0.1) is 10.1 Å². The first kappa shape index (κ1) is 31.0. The van der Waals surface area contributed by atoms with Crippen LogP contribution in [0.4, 0.5) is 11.4 Å². The molecule has 4 rings (SSSR count). The topological polar surface area (TPSA) is 140 Å². The van der Waals surface area contributed by atoms with Crippen LogP contribution in [0.3, 0.4) is 0 Å². The number of nitrogens with zero attached hydrogens (tertiary/aromatic N) is 3. The number of carbonyl (C=O) groups excluding carboxylic acids is 1. The average molecular weight is 623 g/mol. The van der Waals surface area contributed by atoms with Gasteiger partial charge in [0.05, 0.1) is 28.3 Å². The number of hydrazone groups is 1. The number of nitro groups is 1. The lowest BCUT2D eigenvalue weighted by atomic mass is 10.2. The molecule has 222 valence electrons. The Morgan fingerprint density at radius 2 is 1.72 bits per heavy atom. The zero-order valence-corrected chi connectivity index (χ0v) is 24.5. The van der Waals surface area contributed by atoms with Crippen LogP contribution in [0.5, 0.6) is 11.5 Å². The van der Waals surface area contributed by atoms with Gasteiger partial charge in [-0.3, -0.25) is 19.2 Å². The molecule has 0 fully saturated rings. The van der Waals surface area contributed by atoms with Crippen molar-refractivity contribution in [1.82, 2.24) is 5.43 Å². The zero-order chi connectivity index (χ0) is 30.8. The molecule has 1 N–H and O–H groups in total. The number of carbonyl (C=O) groups is 1. The smallest absolute Gasteiger partial charge is 0.271 e. The van der Waals surface area contributed by atoms with E-state index in [0.29, 0.717) is 35.3 Å². The van der Waals surface area contributed by atoms with E-state index in [1.807, 2.05) is 19.1 Å². The second-order valence-corrected chi connectivity index (χ2v) is 11.2. The number of rotatable bonds is 13. The van der Waals surface area contributed by atoms with Crippen molar-refractivity contribution in [2.24, 2.45) is 5.10 Å². The normalized spacial score (nSPS) is 11.2. The van der Waals surface area contributed by atoms with Crippen molar-refractivity contribution >= 4 is 45.1 Å². The maximum Gasteiger partial charge on any atom is 0.271 e. The molecule has 4 aromatic carbocycles. The predicted molar refractivity (Wildman–Crippen MR) is 163 cm³/mol. The molecule has 1 amide bonds. The molecule has 0 saturated heterocycles. The first-order chi connectivity index (χ1) is 20.7. The van der Waals surface area contributed by atoms with Crippen LogP contribution >= 0.6 is 11.6 Å². The number of non-ortho nitro benzene ring substituents is 1. The van der Waals surface area contributed by atoms with Crippen LogP contribution in [0.25, 0.3) is 0 Å². The summed E-state index contributed by atoms with van der Waals surface area (Å²) in [6.07, 6.45) is 1.37. The van der Waals surface area contributed by atoms with E-state index < -0.39 is 27.4 Å². The molecule has 0 atom stereocenters. The average Bonchev–Trinajstić information content (AvgIpc) is 3.01. The number of hydrogen-bond donors (Lipinski definition) is 1. The van der Waals surface area contributed by atoms with Crippen molar-refractivity contribution in [3.05, 3.63) is 123 Å². The number of anilines is 1. The molecule has 11 nitrogen and oxygen atoms in total. The number of halogens is 1. The summed E-state index contributed by atoms with van der Waals surface area (Å²) >= 11 is 5.94. The summed E-state index contributed by atoms with van der Waals surface area (Å²) in [6.45, 7) is 1.84. The number of hydrogen-bond acceptors (Lipinski definition) is 8. The largest absolute Gasteiger partial charge is 0.490 e. The Kier molecular flexibility index (Phi) is 10.3. The highest BCUT2D eigenvalue weighted by atomic mass is 35.5. The van der Waals surface area contributed by atoms with Crippen molar-refractivity contribution in [3.8, 4) is 11.5 Å². The monoisotopic (exact) mass is 622 g/mol. The van der Waals surface area contributed by atoms with Crippen molar-refractivity contribution in [2.75, 3.05) is 17.5 Å². The van der Waals surface area contributed by atoms with Crippen LogP contribution in [0.1, 0.15) is 18.1 Å². The van der Waals surface area contributed by atoms with Gasteiger partial charge in [0.25, 0.3) is 21.6 Å². The van der Waals surface area contributed by atoms with Crippen molar-refractivity contribution in [3.63, 3.8) is 0 Å². The molecule has 0 aliphatic heterocycles. The van der Waals surface area contributed by atoms with Gasteiger partial charge in [-0.05, 0) is 66.6 Å². The van der Waals surface area contributed by atoms with Crippen molar-refractivity contribution in [1.29, 1.82) is 0 Å². The van der Waals surface area contributed by atoms with Gasteiger partial charge in [-0.15, -0.1) is 0 Å². The van der Waals surface area contributed by atoms with Crippen LogP contribution in [0.2, 0.25) is 5.02 Å². The molecule has 0 heterocycles. The van der Waals surface area contributed by atoms with E-state index in [-0.39, 0.29) is 16.3 Å². The van der Waals surface area contributed by atoms with Gasteiger partial charge in [-0.25, -0.2) is 13.8 Å². The van der Waals surface area contributed by atoms with Crippen molar-refractivity contribution < 1.29 is 27.6 Å². The minimum absolute atomic E-state index is 0.0484. The number of nitrogens with one attached hydrogen (secondary N) is 1. The Bertz CT molecular complexity index is 1720. The fourth-order valence-corrected chi connectivity index (χ4v) is 5.44. The van der Waals surface area contributed by atoms with E-state index >= 15 is 0 Å². The second kappa shape index (κ2) is 14.3. The van der Waals surface area contributed by atoms with Gasteiger partial charge in [0.1, 0.15) is 13.2 Å². The number of nitro benzene ring substituents is 1. The van der Waals surface area contributed by atoms with Crippen LogP contribution in [0.15, 0.2) is 107 Å². The van der Waals surface area contributed by atoms with Gasteiger partial charge in [0.15, 0.2) is 11.5 Å². The summed E-state index contributed by atoms with van der Waals surface area (Å²) in [4.78, 5) is 23.4. The minimum Gasteiger partial charge on any atom is -0.490 e. The van der Waals surface area contributed by atoms with Gasteiger partial charge in [0, 0.05) is 17.2 Å². The summed E-state index contributed by atoms with van der Waals surface area (Å²) < 4.78 is 39.3. The first-order valence-corrected chi connectivity index (χ1v) is 14.8. The van der Waals surface area contributed by atoms with Crippen molar-refractivity contribution in [2.45, 2.75) is 18.4 Å². The van der Waals surface area contributed by atoms with E-state index in [2.05, 4.69) is 10.5 Å². The summed E-state index contributed by atoms with van der Waals surface area (Å²) in [6, 6.07) is 24.9. The lowest BCUT2D eigenvalue weighted by Crippen LogP contribution is -2.39. The Labute approximate surface area is 253 Å². The Balaban J connectivity index is 1.49. The highest BCUT2D eigenvalue weighted by Crippen LogP contribution is 2.29. The number of ether oxygens (including phenoxy) is 2. The molecule has 43 heavy (non-hydrogen) atoms. The molecule has 4 aromatic rings. The maximum atomic E-state index is 13.4. The maximum absolute atomic E-state index is 13.4. The highest BCUT2D eigenvalue weighted by molar-refractivity contribution is 7.92. The fraction of sp³-hybridized carbons (Fsp3) is 0.133. The molecule has 0 radical (unpaired) electrons. The summed E-state index contributed by atoms with van der Waals surface area (Å²) in [5, 5.41) is 15.9. The molecule has 0 bridgehead atoms.